The number of hydrogen-bond acceptors (Lipinski definition) is 4. The van der Waals surface area contributed by atoms with Crippen molar-refractivity contribution in [2.24, 2.45) is 0 Å². The summed E-state index contributed by atoms with van der Waals surface area (Å²) in [6.45, 7) is 6.00. The third kappa shape index (κ3) is 6.19. The van der Waals surface area contributed by atoms with Gasteiger partial charge in [-0.3, -0.25) is 4.79 Å². The second-order valence-electron chi connectivity index (χ2n) is 5.66. The van der Waals surface area contributed by atoms with Crippen LogP contribution >= 0.6 is 23.2 Å². The minimum Gasteiger partial charge on any atom is -0.463 e. The van der Waals surface area contributed by atoms with Crippen LogP contribution in [-0.2, 0) is 25.5 Å². The van der Waals surface area contributed by atoms with Crippen molar-refractivity contribution in [3.63, 3.8) is 0 Å². The van der Waals surface area contributed by atoms with Gasteiger partial charge < -0.3 is 9.47 Å². The Morgan fingerprint density at radius 2 is 1.76 bits per heavy atom. The van der Waals surface area contributed by atoms with Gasteiger partial charge in [0, 0.05) is 10.0 Å². The third-order valence-corrected chi connectivity index (χ3v) is 4.55. The monoisotopic (exact) mass is 388 g/mol. The Morgan fingerprint density at radius 3 is 2.32 bits per heavy atom. The van der Waals surface area contributed by atoms with Crippen LogP contribution in [0.2, 0.25) is 10.0 Å². The number of halogens is 2. The van der Waals surface area contributed by atoms with Gasteiger partial charge in [0.1, 0.15) is 0 Å². The molecule has 0 N–H and O–H groups in total. The molecule has 1 aliphatic carbocycles. The van der Waals surface area contributed by atoms with Crippen molar-refractivity contribution in [3.8, 4) is 0 Å². The largest absolute Gasteiger partial charge is 0.463 e. The Balaban J connectivity index is 0.00000151. The summed E-state index contributed by atoms with van der Waals surface area (Å²) in [5.74, 6) is -0.931. The molecule has 0 radical (unpaired) electrons. The van der Waals surface area contributed by atoms with Gasteiger partial charge in [-0.05, 0) is 50.3 Å². The Morgan fingerprint density at radius 1 is 1.12 bits per heavy atom. The van der Waals surface area contributed by atoms with Crippen molar-refractivity contribution in [3.05, 3.63) is 33.8 Å². The van der Waals surface area contributed by atoms with E-state index in [1.54, 1.807) is 25.1 Å². The molecule has 0 atom stereocenters. The Hall–Kier alpha value is -1.26. The summed E-state index contributed by atoms with van der Waals surface area (Å²) in [4.78, 5) is 24.6. The smallest absolute Gasteiger partial charge is 0.350 e. The minimum atomic E-state index is -1.15. The number of rotatable bonds is 5. The minimum absolute atomic E-state index is 0.00282. The first-order chi connectivity index (χ1) is 12.0. The summed E-state index contributed by atoms with van der Waals surface area (Å²) in [6, 6.07) is 4.93. The fourth-order valence-corrected chi connectivity index (χ4v) is 3.28. The molecule has 1 aromatic rings. The molecule has 0 aromatic heterocycles. The summed E-state index contributed by atoms with van der Waals surface area (Å²) in [6.07, 6.45) is 3.72. The predicted molar refractivity (Wildman–Crippen MR) is 100 cm³/mol. The van der Waals surface area contributed by atoms with Gasteiger partial charge >= 0.3 is 11.9 Å². The van der Waals surface area contributed by atoms with Crippen LogP contribution in [0.1, 0.15) is 58.4 Å². The lowest BCUT2D eigenvalue weighted by atomic mass is 9.84. The van der Waals surface area contributed by atoms with Gasteiger partial charge in [-0.25, -0.2) is 4.79 Å². The van der Waals surface area contributed by atoms with Crippen molar-refractivity contribution in [2.75, 3.05) is 6.61 Å². The average molecular weight is 389 g/mol. The molecule has 0 spiro atoms. The third-order valence-electron chi connectivity index (χ3n) is 3.97. The van der Waals surface area contributed by atoms with E-state index in [2.05, 4.69) is 0 Å². The van der Waals surface area contributed by atoms with Crippen LogP contribution in [0.25, 0.3) is 0 Å². The second-order valence-corrected chi connectivity index (χ2v) is 6.51. The molecule has 1 saturated carbocycles. The first kappa shape index (κ1) is 21.8. The van der Waals surface area contributed by atoms with Gasteiger partial charge in [-0.2, -0.15) is 0 Å². The fraction of sp³-hybridized carbons (Fsp3) is 0.579. The fourth-order valence-electron chi connectivity index (χ4n) is 2.81. The van der Waals surface area contributed by atoms with E-state index in [1.807, 2.05) is 13.8 Å². The lowest BCUT2D eigenvalue weighted by Crippen LogP contribution is -2.46. The highest BCUT2D eigenvalue weighted by Crippen LogP contribution is 2.33. The van der Waals surface area contributed by atoms with E-state index in [4.69, 9.17) is 32.7 Å². The lowest BCUT2D eigenvalue weighted by Gasteiger charge is -2.34. The van der Waals surface area contributed by atoms with E-state index in [0.717, 1.165) is 19.3 Å². The van der Waals surface area contributed by atoms with Crippen LogP contribution in [0.15, 0.2) is 18.2 Å². The molecule has 4 nitrogen and oxygen atoms in total. The van der Waals surface area contributed by atoms with E-state index in [0.29, 0.717) is 28.5 Å². The molecular formula is C19H26Cl2O4. The van der Waals surface area contributed by atoms with E-state index < -0.39 is 17.5 Å². The molecular weight excluding hydrogens is 363 g/mol. The SMILES string of the molecule is CC.CCOC(=O)C1(OC(=O)Cc2ccc(Cl)cc2Cl)CCCCC1. The molecule has 2 rings (SSSR count). The van der Waals surface area contributed by atoms with Crippen molar-refractivity contribution < 1.29 is 19.1 Å². The molecule has 25 heavy (non-hydrogen) atoms. The highest BCUT2D eigenvalue weighted by molar-refractivity contribution is 6.35. The molecule has 0 aliphatic heterocycles. The molecule has 0 heterocycles. The first-order valence-electron chi connectivity index (χ1n) is 8.80. The summed E-state index contributed by atoms with van der Waals surface area (Å²) >= 11 is 11.9. The number of carbonyl (C=O) groups is 2. The van der Waals surface area contributed by atoms with Gasteiger partial charge in [0.2, 0.25) is 5.60 Å². The Kier molecular flexibility index (Phi) is 9.30. The van der Waals surface area contributed by atoms with Crippen LogP contribution < -0.4 is 0 Å². The van der Waals surface area contributed by atoms with Crippen LogP contribution in [0.3, 0.4) is 0 Å². The molecule has 1 aliphatic rings. The number of carbonyl (C=O) groups excluding carboxylic acids is 2. The molecule has 0 saturated heterocycles. The molecule has 0 amide bonds. The van der Waals surface area contributed by atoms with Gasteiger partial charge in [-0.15, -0.1) is 0 Å². The van der Waals surface area contributed by atoms with Gasteiger partial charge in [0.15, 0.2) is 0 Å². The summed E-state index contributed by atoms with van der Waals surface area (Å²) in [5.41, 5.74) is -0.527. The molecule has 0 bridgehead atoms. The van der Waals surface area contributed by atoms with Crippen molar-refractivity contribution in [1.82, 2.24) is 0 Å². The normalized spacial score (nSPS) is 15.6. The van der Waals surface area contributed by atoms with E-state index >= 15 is 0 Å². The van der Waals surface area contributed by atoms with Gasteiger partial charge in [-0.1, -0.05) is 49.5 Å². The van der Waals surface area contributed by atoms with Crippen LogP contribution in [0.4, 0.5) is 0 Å². The molecule has 1 fully saturated rings. The van der Waals surface area contributed by atoms with Crippen molar-refractivity contribution in [2.45, 2.75) is 64.9 Å². The Labute approximate surface area is 159 Å². The zero-order valence-corrected chi connectivity index (χ0v) is 16.6. The standard InChI is InChI=1S/C17H20Cl2O4.C2H6/c1-2-22-16(21)17(8-4-3-5-9-17)23-15(20)10-12-6-7-13(18)11-14(12)19;1-2/h6-7,11H,2-5,8-10H2,1H3;1-2H3. The number of benzene rings is 1. The Bertz CT molecular complexity index is 581. The first-order valence-corrected chi connectivity index (χ1v) is 9.55. The van der Waals surface area contributed by atoms with Crippen LogP contribution in [0.5, 0.6) is 0 Å². The topological polar surface area (TPSA) is 52.6 Å². The molecule has 140 valence electrons. The number of ether oxygens (including phenoxy) is 2. The van der Waals surface area contributed by atoms with Crippen molar-refractivity contribution in [1.29, 1.82) is 0 Å². The maximum absolute atomic E-state index is 12.3. The maximum atomic E-state index is 12.3. The highest BCUT2D eigenvalue weighted by Gasteiger charge is 2.44. The highest BCUT2D eigenvalue weighted by atomic mass is 35.5. The molecule has 6 heteroatoms. The van der Waals surface area contributed by atoms with Crippen molar-refractivity contribution >= 4 is 35.1 Å². The number of esters is 2. The quantitative estimate of drug-likeness (QED) is 0.635. The zero-order valence-electron chi connectivity index (χ0n) is 15.1. The summed E-state index contributed by atoms with van der Waals surface area (Å²) in [5, 5.41) is 0.908. The van der Waals surface area contributed by atoms with Crippen LogP contribution in [0, 0.1) is 0 Å². The maximum Gasteiger partial charge on any atom is 0.350 e. The molecule has 1 aromatic carbocycles. The zero-order chi connectivity index (χ0) is 18.9. The summed E-state index contributed by atoms with van der Waals surface area (Å²) < 4.78 is 10.7. The average Bonchev–Trinajstić information content (AvgIpc) is 2.60. The predicted octanol–water partition coefficient (Wildman–Crippen LogP) is 5.37. The number of hydrogen-bond donors (Lipinski definition) is 0. The van der Waals surface area contributed by atoms with E-state index in [9.17, 15) is 9.59 Å². The van der Waals surface area contributed by atoms with Gasteiger partial charge in [0.05, 0.1) is 13.0 Å². The van der Waals surface area contributed by atoms with Gasteiger partial charge in [0.25, 0.3) is 0 Å². The lowest BCUT2D eigenvalue weighted by molar-refractivity contribution is -0.186. The second kappa shape index (κ2) is 10.7. The van der Waals surface area contributed by atoms with E-state index in [-0.39, 0.29) is 13.0 Å². The molecule has 0 unspecified atom stereocenters. The van der Waals surface area contributed by atoms with Crippen LogP contribution in [-0.4, -0.2) is 24.1 Å². The summed E-state index contributed by atoms with van der Waals surface area (Å²) in [7, 11) is 0. The van der Waals surface area contributed by atoms with E-state index in [1.165, 1.54) is 0 Å².